The minimum Gasteiger partial charge on any atom is -0.349 e. The molecule has 3 rings (SSSR count). The number of hydrogen-bond donors (Lipinski definition) is 1. The quantitative estimate of drug-likeness (QED) is 0.682. The fourth-order valence-electron chi connectivity index (χ4n) is 3.33. The van der Waals surface area contributed by atoms with Crippen molar-refractivity contribution < 1.29 is 4.79 Å². The third kappa shape index (κ3) is 4.85. The Hall–Kier alpha value is -2.88. The lowest BCUT2D eigenvalue weighted by molar-refractivity contribution is 0.0937. The second kappa shape index (κ2) is 8.67. The predicted octanol–water partition coefficient (Wildman–Crippen LogP) is 4.30. The molecule has 4 heteroatoms. The monoisotopic (exact) mass is 361 g/mol. The first-order valence-electron chi connectivity index (χ1n) is 9.47. The van der Waals surface area contributed by atoms with E-state index in [0.717, 1.165) is 24.2 Å². The van der Waals surface area contributed by atoms with Crippen LogP contribution >= 0.6 is 0 Å². The van der Waals surface area contributed by atoms with Crippen molar-refractivity contribution in [1.29, 1.82) is 0 Å². The van der Waals surface area contributed by atoms with Crippen molar-refractivity contribution >= 4 is 5.91 Å². The fraction of sp³-hybridized carbons (Fsp3) is 0.304. The first kappa shape index (κ1) is 18.9. The predicted molar refractivity (Wildman–Crippen MR) is 109 cm³/mol. The molecule has 0 saturated heterocycles. The fourth-order valence-corrected chi connectivity index (χ4v) is 3.33. The van der Waals surface area contributed by atoms with E-state index in [9.17, 15) is 4.79 Å². The smallest absolute Gasteiger partial charge is 0.255 e. The largest absolute Gasteiger partial charge is 0.349 e. The molecule has 0 radical (unpaired) electrons. The zero-order valence-electron chi connectivity index (χ0n) is 16.3. The number of carbonyl (C=O) groups excluding carboxylic acids is 1. The number of amides is 1. The lowest BCUT2D eigenvalue weighted by atomic mass is 10.1. The van der Waals surface area contributed by atoms with Crippen LogP contribution in [0.3, 0.4) is 0 Å². The normalized spacial score (nSPS) is 12.0. The summed E-state index contributed by atoms with van der Waals surface area (Å²) in [6.45, 7) is 6.59. The summed E-state index contributed by atoms with van der Waals surface area (Å²) in [7, 11) is 0. The topological polar surface area (TPSA) is 46.9 Å². The Balaban J connectivity index is 1.64. The van der Waals surface area contributed by atoms with Crippen LogP contribution in [0.15, 0.2) is 60.7 Å². The SMILES string of the molecule is Cc1nn(Cc2ccccc2)c(C)c1C(=O)NC(C)CCc1ccccc1. The molecule has 1 aromatic heterocycles. The highest BCUT2D eigenvalue weighted by Crippen LogP contribution is 2.15. The summed E-state index contributed by atoms with van der Waals surface area (Å²) < 4.78 is 1.91. The summed E-state index contributed by atoms with van der Waals surface area (Å²) in [6, 6.07) is 20.6. The Morgan fingerprint density at radius 1 is 1.00 bits per heavy atom. The van der Waals surface area contributed by atoms with Gasteiger partial charge in [0.1, 0.15) is 0 Å². The summed E-state index contributed by atoms with van der Waals surface area (Å²) in [6.07, 6.45) is 1.86. The number of aryl methyl sites for hydroxylation is 2. The number of nitrogens with zero attached hydrogens (tertiary/aromatic N) is 2. The van der Waals surface area contributed by atoms with Gasteiger partial charge in [0.2, 0.25) is 0 Å². The van der Waals surface area contributed by atoms with E-state index in [0.29, 0.717) is 12.1 Å². The van der Waals surface area contributed by atoms with Gasteiger partial charge >= 0.3 is 0 Å². The number of hydrogen-bond acceptors (Lipinski definition) is 2. The third-order valence-corrected chi connectivity index (χ3v) is 4.87. The van der Waals surface area contributed by atoms with Crippen LogP contribution in [0.25, 0.3) is 0 Å². The molecule has 0 spiro atoms. The average Bonchev–Trinajstić information content (AvgIpc) is 2.95. The standard InChI is InChI=1S/C23H27N3O/c1-17(14-15-20-10-6-4-7-11-20)24-23(27)22-18(2)25-26(19(22)3)16-21-12-8-5-9-13-21/h4-13,17H,14-16H2,1-3H3,(H,24,27). The molecule has 140 valence electrons. The minimum absolute atomic E-state index is 0.0372. The van der Waals surface area contributed by atoms with Gasteiger partial charge < -0.3 is 5.32 Å². The van der Waals surface area contributed by atoms with Crippen LogP contribution in [0.5, 0.6) is 0 Å². The molecule has 0 bridgehead atoms. The molecule has 4 nitrogen and oxygen atoms in total. The molecule has 1 heterocycles. The van der Waals surface area contributed by atoms with Gasteiger partial charge in [-0.1, -0.05) is 60.7 Å². The Labute approximate surface area is 161 Å². The van der Waals surface area contributed by atoms with E-state index < -0.39 is 0 Å². The highest BCUT2D eigenvalue weighted by Gasteiger charge is 2.20. The Bertz CT molecular complexity index is 885. The Morgan fingerprint density at radius 3 is 2.22 bits per heavy atom. The summed E-state index contributed by atoms with van der Waals surface area (Å²) in [5.41, 5.74) is 4.84. The van der Waals surface area contributed by atoms with Gasteiger partial charge in [0.15, 0.2) is 0 Å². The zero-order valence-corrected chi connectivity index (χ0v) is 16.3. The number of carbonyl (C=O) groups is 1. The van der Waals surface area contributed by atoms with Gasteiger partial charge in [0, 0.05) is 11.7 Å². The van der Waals surface area contributed by atoms with Crippen molar-refractivity contribution in [1.82, 2.24) is 15.1 Å². The van der Waals surface area contributed by atoms with Gasteiger partial charge in [-0.05, 0) is 44.7 Å². The van der Waals surface area contributed by atoms with Gasteiger partial charge in [-0.25, -0.2) is 0 Å². The van der Waals surface area contributed by atoms with Gasteiger partial charge in [0.25, 0.3) is 5.91 Å². The molecule has 0 aliphatic heterocycles. The molecular weight excluding hydrogens is 334 g/mol. The molecule has 3 aromatic rings. The molecular formula is C23H27N3O. The van der Waals surface area contributed by atoms with Crippen LogP contribution in [0.2, 0.25) is 0 Å². The molecule has 0 saturated carbocycles. The van der Waals surface area contributed by atoms with Crippen LogP contribution in [0, 0.1) is 13.8 Å². The Morgan fingerprint density at radius 2 is 1.59 bits per heavy atom. The van der Waals surface area contributed by atoms with Crippen molar-refractivity contribution in [3.8, 4) is 0 Å². The van der Waals surface area contributed by atoms with Crippen LogP contribution in [0.1, 0.15) is 46.2 Å². The highest BCUT2D eigenvalue weighted by atomic mass is 16.1. The molecule has 1 atom stereocenters. The van der Waals surface area contributed by atoms with Crippen molar-refractivity contribution in [2.45, 2.75) is 46.2 Å². The maximum Gasteiger partial charge on any atom is 0.255 e. The molecule has 1 N–H and O–H groups in total. The van der Waals surface area contributed by atoms with Crippen LogP contribution in [0.4, 0.5) is 0 Å². The van der Waals surface area contributed by atoms with E-state index in [4.69, 9.17) is 0 Å². The first-order chi connectivity index (χ1) is 13.0. The average molecular weight is 361 g/mol. The number of rotatable bonds is 7. The summed E-state index contributed by atoms with van der Waals surface area (Å²) in [5.74, 6) is -0.0372. The maximum absolute atomic E-state index is 12.8. The van der Waals surface area contributed by atoms with E-state index in [1.807, 2.05) is 54.9 Å². The third-order valence-electron chi connectivity index (χ3n) is 4.87. The molecule has 0 aliphatic carbocycles. The van der Waals surface area contributed by atoms with Gasteiger partial charge in [-0.3, -0.25) is 9.48 Å². The molecule has 0 aliphatic rings. The van der Waals surface area contributed by atoms with E-state index in [-0.39, 0.29) is 11.9 Å². The number of benzene rings is 2. The molecule has 0 fully saturated rings. The maximum atomic E-state index is 12.8. The summed E-state index contributed by atoms with van der Waals surface area (Å²) in [4.78, 5) is 12.8. The van der Waals surface area contributed by atoms with Gasteiger partial charge in [-0.15, -0.1) is 0 Å². The van der Waals surface area contributed by atoms with Crippen LogP contribution in [-0.2, 0) is 13.0 Å². The minimum atomic E-state index is -0.0372. The number of aromatic nitrogens is 2. The molecule has 2 aromatic carbocycles. The van der Waals surface area contributed by atoms with Crippen molar-refractivity contribution in [2.24, 2.45) is 0 Å². The molecule has 27 heavy (non-hydrogen) atoms. The van der Waals surface area contributed by atoms with Crippen LogP contribution in [-0.4, -0.2) is 21.7 Å². The van der Waals surface area contributed by atoms with E-state index in [1.165, 1.54) is 11.1 Å². The number of nitrogens with one attached hydrogen (secondary N) is 1. The molecule has 1 unspecified atom stereocenters. The van der Waals surface area contributed by atoms with Crippen molar-refractivity contribution in [3.63, 3.8) is 0 Å². The summed E-state index contributed by atoms with van der Waals surface area (Å²) in [5, 5.41) is 7.72. The summed E-state index contributed by atoms with van der Waals surface area (Å²) >= 11 is 0. The highest BCUT2D eigenvalue weighted by molar-refractivity contribution is 5.96. The lowest BCUT2D eigenvalue weighted by Gasteiger charge is -2.14. The molecule has 1 amide bonds. The first-order valence-corrected chi connectivity index (χ1v) is 9.47. The van der Waals surface area contributed by atoms with Gasteiger partial charge in [0.05, 0.1) is 17.8 Å². The second-order valence-corrected chi connectivity index (χ2v) is 7.09. The van der Waals surface area contributed by atoms with Crippen molar-refractivity contribution in [3.05, 3.63) is 88.7 Å². The van der Waals surface area contributed by atoms with E-state index in [1.54, 1.807) is 0 Å². The second-order valence-electron chi connectivity index (χ2n) is 7.09. The van der Waals surface area contributed by atoms with Crippen molar-refractivity contribution in [2.75, 3.05) is 0 Å². The van der Waals surface area contributed by atoms with E-state index in [2.05, 4.69) is 41.6 Å². The van der Waals surface area contributed by atoms with Gasteiger partial charge in [-0.2, -0.15) is 5.10 Å². The van der Waals surface area contributed by atoms with Crippen LogP contribution < -0.4 is 5.32 Å². The Kier molecular flexibility index (Phi) is 6.07. The zero-order chi connectivity index (χ0) is 19.2. The lowest BCUT2D eigenvalue weighted by Crippen LogP contribution is -2.33. The van der Waals surface area contributed by atoms with E-state index >= 15 is 0 Å².